The molecular formula is C14H15BrN2O. The number of nitrogens with zero attached hydrogens (tertiary/aromatic N) is 1. The maximum Gasteiger partial charge on any atom is 0.134 e. The Kier molecular flexibility index (Phi) is 4.33. The molecule has 94 valence electrons. The molecule has 1 heterocycles. The maximum atomic E-state index is 9.88. The lowest BCUT2D eigenvalue weighted by Crippen LogP contribution is -2.18. The fraction of sp³-hybridized carbons (Fsp3) is 0.214. The zero-order valence-electron chi connectivity index (χ0n) is 10.1. The minimum Gasteiger partial charge on any atom is -0.506 e. The van der Waals surface area contributed by atoms with Crippen molar-refractivity contribution in [1.29, 1.82) is 0 Å². The van der Waals surface area contributed by atoms with Gasteiger partial charge in [0.25, 0.3) is 0 Å². The molecule has 2 rings (SSSR count). The summed E-state index contributed by atoms with van der Waals surface area (Å²) in [5.74, 6) is 0.295. The van der Waals surface area contributed by atoms with Crippen LogP contribution in [0.3, 0.4) is 0 Å². The number of aromatic nitrogens is 1. The Hall–Kier alpha value is -1.39. The third kappa shape index (κ3) is 3.09. The fourth-order valence-electron chi connectivity index (χ4n) is 1.72. The predicted octanol–water partition coefficient (Wildman–Crippen LogP) is 3.40. The fourth-order valence-corrected chi connectivity index (χ4v) is 2.12. The van der Waals surface area contributed by atoms with E-state index in [0.717, 1.165) is 15.6 Å². The van der Waals surface area contributed by atoms with Gasteiger partial charge in [-0.05, 0) is 40.5 Å². The molecule has 0 aliphatic rings. The highest BCUT2D eigenvalue weighted by Crippen LogP contribution is 2.27. The molecule has 0 amide bonds. The summed E-state index contributed by atoms with van der Waals surface area (Å²) in [5, 5.41) is 13.2. The summed E-state index contributed by atoms with van der Waals surface area (Å²) < 4.78 is 0.718. The molecule has 0 fully saturated rings. The van der Waals surface area contributed by atoms with Crippen molar-refractivity contribution < 1.29 is 5.11 Å². The van der Waals surface area contributed by atoms with Crippen LogP contribution in [0.1, 0.15) is 24.1 Å². The number of para-hydroxylation sites is 1. The zero-order valence-corrected chi connectivity index (χ0v) is 11.7. The molecule has 0 aliphatic carbocycles. The third-order valence-electron chi connectivity index (χ3n) is 2.85. The van der Waals surface area contributed by atoms with E-state index in [4.69, 9.17) is 0 Å². The Morgan fingerprint density at radius 1 is 1.33 bits per heavy atom. The van der Waals surface area contributed by atoms with E-state index in [1.807, 2.05) is 36.5 Å². The number of rotatable bonds is 4. The number of pyridine rings is 1. The van der Waals surface area contributed by atoms with Gasteiger partial charge in [-0.25, -0.2) is 0 Å². The van der Waals surface area contributed by atoms with Crippen molar-refractivity contribution in [1.82, 2.24) is 10.3 Å². The second-order valence-corrected chi connectivity index (χ2v) is 4.99. The van der Waals surface area contributed by atoms with Crippen LogP contribution in [-0.2, 0) is 6.54 Å². The van der Waals surface area contributed by atoms with Gasteiger partial charge < -0.3 is 10.4 Å². The van der Waals surface area contributed by atoms with Crippen molar-refractivity contribution in [3.05, 3.63) is 58.3 Å². The first-order valence-corrected chi connectivity index (χ1v) is 6.57. The van der Waals surface area contributed by atoms with Gasteiger partial charge >= 0.3 is 0 Å². The smallest absolute Gasteiger partial charge is 0.134 e. The predicted molar refractivity (Wildman–Crippen MR) is 75.3 cm³/mol. The molecule has 0 radical (unpaired) electrons. The Morgan fingerprint density at radius 3 is 2.89 bits per heavy atom. The first-order valence-electron chi connectivity index (χ1n) is 5.78. The number of benzene rings is 1. The van der Waals surface area contributed by atoms with Crippen molar-refractivity contribution in [2.24, 2.45) is 0 Å². The van der Waals surface area contributed by atoms with Crippen LogP contribution in [0, 0.1) is 0 Å². The van der Waals surface area contributed by atoms with Gasteiger partial charge in [0, 0.05) is 30.5 Å². The van der Waals surface area contributed by atoms with E-state index in [-0.39, 0.29) is 6.04 Å². The normalized spacial score (nSPS) is 12.3. The van der Waals surface area contributed by atoms with Crippen LogP contribution >= 0.6 is 15.9 Å². The van der Waals surface area contributed by atoms with Crippen molar-refractivity contribution in [3.8, 4) is 5.75 Å². The van der Waals surface area contributed by atoms with Gasteiger partial charge in [0.15, 0.2) is 0 Å². The second kappa shape index (κ2) is 5.98. The van der Waals surface area contributed by atoms with Crippen molar-refractivity contribution in [2.45, 2.75) is 19.5 Å². The number of halogens is 1. The van der Waals surface area contributed by atoms with E-state index in [1.54, 1.807) is 6.20 Å². The molecule has 0 spiro atoms. The van der Waals surface area contributed by atoms with Gasteiger partial charge in [-0.1, -0.05) is 18.2 Å². The lowest BCUT2D eigenvalue weighted by atomic mass is 10.1. The monoisotopic (exact) mass is 306 g/mol. The molecule has 0 saturated carbocycles. The molecule has 1 aromatic carbocycles. The SMILES string of the molecule is CC(NCc1cccc(Br)c1O)c1cccnc1. The summed E-state index contributed by atoms with van der Waals surface area (Å²) in [6.07, 6.45) is 3.61. The summed E-state index contributed by atoms with van der Waals surface area (Å²) in [4.78, 5) is 4.10. The number of nitrogens with one attached hydrogen (secondary N) is 1. The van der Waals surface area contributed by atoms with Crippen LogP contribution in [0.4, 0.5) is 0 Å². The van der Waals surface area contributed by atoms with Crippen LogP contribution in [0.25, 0.3) is 0 Å². The second-order valence-electron chi connectivity index (χ2n) is 4.14. The molecule has 2 aromatic rings. The molecule has 0 bridgehead atoms. The van der Waals surface area contributed by atoms with Crippen molar-refractivity contribution in [2.75, 3.05) is 0 Å². The third-order valence-corrected chi connectivity index (χ3v) is 3.49. The molecule has 1 atom stereocenters. The average Bonchev–Trinajstić information content (AvgIpc) is 2.41. The number of aromatic hydroxyl groups is 1. The number of hydrogen-bond donors (Lipinski definition) is 2. The van der Waals surface area contributed by atoms with Gasteiger partial charge in [0.05, 0.1) is 4.47 Å². The number of hydrogen-bond acceptors (Lipinski definition) is 3. The Balaban J connectivity index is 2.02. The van der Waals surface area contributed by atoms with Gasteiger partial charge in [0.2, 0.25) is 0 Å². The molecule has 4 heteroatoms. The molecule has 0 saturated heterocycles. The quantitative estimate of drug-likeness (QED) is 0.910. The highest BCUT2D eigenvalue weighted by atomic mass is 79.9. The van der Waals surface area contributed by atoms with Crippen molar-refractivity contribution >= 4 is 15.9 Å². The lowest BCUT2D eigenvalue weighted by Gasteiger charge is -2.14. The molecule has 2 N–H and O–H groups in total. The molecule has 1 unspecified atom stereocenters. The topological polar surface area (TPSA) is 45.1 Å². The van der Waals surface area contributed by atoms with E-state index in [0.29, 0.717) is 12.3 Å². The van der Waals surface area contributed by atoms with Crippen LogP contribution in [0.5, 0.6) is 5.75 Å². The molecule has 0 aliphatic heterocycles. The first kappa shape index (κ1) is 13.1. The summed E-state index contributed by atoms with van der Waals surface area (Å²) in [6, 6.07) is 9.79. The minimum absolute atomic E-state index is 0.192. The largest absolute Gasteiger partial charge is 0.506 e. The van der Waals surface area contributed by atoms with Gasteiger partial charge in [-0.2, -0.15) is 0 Å². The molecule has 1 aromatic heterocycles. The zero-order chi connectivity index (χ0) is 13.0. The molecule has 18 heavy (non-hydrogen) atoms. The van der Waals surface area contributed by atoms with E-state index >= 15 is 0 Å². The molecule has 3 nitrogen and oxygen atoms in total. The Morgan fingerprint density at radius 2 is 2.17 bits per heavy atom. The van der Waals surface area contributed by atoms with Crippen molar-refractivity contribution in [3.63, 3.8) is 0 Å². The molecular weight excluding hydrogens is 292 g/mol. The summed E-state index contributed by atoms with van der Waals surface area (Å²) in [6.45, 7) is 2.69. The summed E-state index contributed by atoms with van der Waals surface area (Å²) in [5.41, 5.74) is 2.01. The minimum atomic E-state index is 0.192. The van der Waals surface area contributed by atoms with E-state index < -0.39 is 0 Å². The highest BCUT2D eigenvalue weighted by Gasteiger charge is 2.08. The van der Waals surface area contributed by atoms with E-state index in [9.17, 15) is 5.11 Å². The van der Waals surface area contributed by atoms with Crippen LogP contribution in [0.2, 0.25) is 0 Å². The van der Waals surface area contributed by atoms with Gasteiger partial charge in [-0.15, -0.1) is 0 Å². The Labute approximate surface area is 115 Å². The standard InChI is InChI=1S/C14H15BrN2O/c1-10(11-5-3-7-16-8-11)17-9-12-4-2-6-13(15)14(12)18/h2-8,10,17-18H,9H2,1H3. The van der Waals surface area contributed by atoms with Crippen LogP contribution in [-0.4, -0.2) is 10.1 Å². The first-order chi connectivity index (χ1) is 8.68. The maximum absolute atomic E-state index is 9.88. The van der Waals surface area contributed by atoms with E-state index in [1.165, 1.54) is 0 Å². The van der Waals surface area contributed by atoms with Gasteiger partial charge in [-0.3, -0.25) is 4.98 Å². The van der Waals surface area contributed by atoms with Crippen LogP contribution in [0.15, 0.2) is 47.2 Å². The van der Waals surface area contributed by atoms with E-state index in [2.05, 4.69) is 33.2 Å². The average molecular weight is 307 g/mol. The highest BCUT2D eigenvalue weighted by molar-refractivity contribution is 9.10. The number of phenolic OH excluding ortho intramolecular Hbond substituents is 1. The lowest BCUT2D eigenvalue weighted by molar-refractivity contribution is 0.457. The summed E-state index contributed by atoms with van der Waals surface area (Å²) >= 11 is 3.31. The van der Waals surface area contributed by atoms with Gasteiger partial charge in [0.1, 0.15) is 5.75 Å². The van der Waals surface area contributed by atoms with Crippen LogP contribution < -0.4 is 5.32 Å². The number of phenols is 1. The Bertz CT molecular complexity index is 516. The summed E-state index contributed by atoms with van der Waals surface area (Å²) in [7, 11) is 0.